The lowest BCUT2D eigenvalue weighted by Gasteiger charge is -2.55. The number of carbonyl (C=O) groups is 4. The van der Waals surface area contributed by atoms with Crippen LogP contribution in [0.2, 0.25) is 0 Å². The van der Waals surface area contributed by atoms with Crippen molar-refractivity contribution in [1.82, 2.24) is 4.90 Å². The standard InChI is InChI=1S/C39H35Br2NO6/c1-38(2,3)42-36(46)23-16-15-22-25(30(23)37(42)47)17-27-34(44)24(20-11-7-5-8-12-20)19-29(43)39(27,21-13-9-6-10-14-21)31(22)26-18-28(48-4)35(45)33(41)32(26)40/h5-15,18-19,23,25,27,30-31,45H,16-17H2,1-4H3/t23-,25+,27-,30-,31+,39-/m0/s1. The van der Waals surface area contributed by atoms with Gasteiger partial charge < -0.3 is 9.84 Å². The molecular weight excluding hydrogens is 738 g/mol. The maximum atomic E-state index is 15.2. The van der Waals surface area contributed by atoms with Crippen LogP contribution in [0.3, 0.4) is 0 Å². The largest absolute Gasteiger partial charge is 0.503 e. The Kier molecular flexibility index (Phi) is 7.94. The highest BCUT2D eigenvalue weighted by Crippen LogP contribution is 2.65. The molecule has 7 rings (SSSR count). The zero-order chi connectivity index (χ0) is 34.3. The van der Waals surface area contributed by atoms with Crippen molar-refractivity contribution in [3.8, 4) is 11.5 Å². The summed E-state index contributed by atoms with van der Waals surface area (Å²) in [4.78, 5) is 59.8. The summed E-state index contributed by atoms with van der Waals surface area (Å²) >= 11 is 7.26. The fourth-order valence-corrected chi connectivity index (χ4v) is 9.81. The van der Waals surface area contributed by atoms with Gasteiger partial charge in [-0.05, 0) is 100 Å². The number of halogens is 2. The molecular formula is C39H35Br2NO6. The van der Waals surface area contributed by atoms with Gasteiger partial charge in [0.25, 0.3) is 0 Å². The highest BCUT2D eigenvalue weighted by Gasteiger charge is 2.66. The van der Waals surface area contributed by atoms with Gasteiger partial charge in [-0.25, -0.2) is 0 Å². The third-order valence-corrected chi connectivity index (χ3v) is 12.9. The van der Waals surface area contributed by atoms with E-state index in [1.807, 2.05) is 87.5 Å². The number of allylic oxidation sites excluding steroid dienone is 4. The van der Waals surface area contributed by atoms with E-state index in [1.165, 1.54) is 18.1 Å². The first-order valence-electron chi connectivity index (χ1n) is 16.1. The van der Waals surface area contributed by atoms with Crippen molar-refractivity contribution in [2.75, 3.05) is 7.11 Å². The Morgan fingerprint density at radius 2 is 1.54 bits per heavy atom. The third kappa shape index (κ3) is 4.56. The number of hydrogen-bond acceptors (Lipinski definition) is 6. The van der Waals surface area contributed by atoms with Crippen molar-refractivity contribution < 1.29 is 29.0 Å². The molecule has 3 aliphatic carbocycles. The fourth-order valence-electron chi connectivity index (χ4n) is 8.86. The van der Waals surface area contributed by atoms with Crippen molar-refractivity contribution in [3.05, 3.63) is 110 Å². The number of aromatic hydroxyl groups is 1. The first-order valence-corrected chi connectivity index (χ1v) is 17.7. The van der Waals surface area contributed by atoms with Crippen LogP contribution in [0.4, 0.5) is 0 Å². The van der Waals surface area contributed by atoms with Gasteiger partial charge in [0.15, 0.2) is 23.1 Å². The second kappa shape index (κ2) is 11.7. The lowest BCUT2D eigenvalue weighted by atomic mass is 9.44. The average Bonchev–Trinajstić information content (AvgIpc) is 3.35. The Morgan fingerprint density at radius 3 is 2.17 bits per heavy atom. The summed E-state index contributed by atoms with van der Waals surface area (Å²) in [5.74, 6) is -4.10. The van der Waals surface area contributed by atoms with E-state index in [9.17, 15) is 14.7 Å². The number of methoxy groups -OCH3 is 1. The summed E-state index contributed by atoms with van der Waals surface area (Å²) in [7, 11) is 1.46. The van der Waals surface area contributed by atoms with Crippen LogP contribution in [0.15, 0.2) is 93.4 Å². The Labute approximate surface area is 296 Å². The molecule has 0 spiro atoms. The number of nitrogens with zero attached hydrogens (tertiary/aromatic N) is 1. The second-order valence-corrected chi connectivity index (χ2v) is 15.7. The zero-order valence-electron chi connectivity index (χ0n) is 27.0. The molecule has 3 aromatic carbocycles. The normalized spacial score (nSPS) is 28.4. The Hall–Kier alpha value is -3.82. The lowest BCUT2D eigenvalue weighted by molar-refractivity contribution is -0.145. The highest BCUT2D eigenvalue weighted by atomic mass is 79.9. The molecule has 4 aliphatic rings. The number of imide groups is 1. The monoisotopic (exact) mass is 771 g/mol. The van der Waals surface area contributed by atoms with Crippen LogP contribution in [0.1, 0.15) is 56.2 Å². The molecule has 48 heavy (non-hydrogen) atoms. The molecule has 7 nitrogen and oxygen atoms in total. The van der Waals surface area contributed by atoms with Crippen molar-refractivity contribution in [2.45, 2.75) is 50.5 Å². The molecule has 1 aliphatic heterocycles. The molecule has 0 aromatic heterocycles. The predicted octanol–water partition coefficient (Wildman–Crippen LogP) is 7.55. The minimum Gasteiger partial charge on any atom is -0.503 e. The molecule has 0 bridgehead atoms. The number of ketones is 2. The maximum absolute atomic E-state index is 15.2. The molecule has 1 N–H and O–H groups in total. The lowest BCUT2D eigenvalue weighted by Crippen LogP contribution is -2.59. The Balaban J connectivity index is 1.55. The minimum absolute atomic E-state index is 0.113. The van der Waals surface area contributed by atoms with Crippen molar-refractivity contribution in [3.63, 3.8) is 0 Å². The number of benzene rings is 3. The number of fused-ring (bicyclic) bond motifs is 4. The third-order valence-electron chi connectivity index (χ3n) is 10.8. The second-order valence-electron chi connectivity index (χ2n) is 14.1. The van der Waals surface area contributed by atoms with E-state index < -0.39 is 40.5 Å². The first-order chi connectivity index (χ1) is 22.8. The van der Waals surface area contributed by atoms with E-state index in [-0.39, 0.29) is 41.3 Å². The van der Waals surface area contributed by atoms with E-state index in [0.29, 0.717) is 37.6 Å². The SMILES string of the molecule is COc1cc([C@H]2C3=CC[C@@H]4C(=O)N(C(C)(C)C)C(=O)[C@@H]4[C@@H]3C[C@H]3C(=O)C(c4ccccc4)=CC(=O)[C@@]23c2ccccc2)c(Br)c(Br)c1O. The van der Waals surface area contributed by atoms with Crippen LogP contribution in [0.5, 0.6) is 11.5 Å². The molecule has 0 radical (unpaired) electrons. The summed E-state index contributed by atoms with van der Waals surface area (Å²) in [6.07, 6.45) is 4.08. The molecule has 2 amide bonds. The topological polar surface area (TPSA) is 101 Å². The summed E-state index contributed by atoms with van der Waals surface area (Å²) < 4.78 is 6.46. The predicted molar refractivity (Wildman–Crippen MR) is 188 cm³/mol. The van der Waals surface area contributed by atoms with Gasteiger partial charge in [0, 0.05) is 27.4 Å². The van der Waals surface area contributed by atoms with Gasteiger partial charge in [-0.15, -0.1) is 0 Å². The zero-order valence-corrected chi connectivity index (χ0v) is 30.2. The summed E-state index contributed by atoms with van der Waals surface area (Å²) in [5.41, 5.74) is 1.02. The van der Waals surface area contributed by atoms with E-state index in [2.05, 4.69) is 31.9 Å². The van der Waals surface area contributed by atoms with E-state index in [4.69, 9.17) is 4.74 Å². The van der Waals surface area contributed by atoms with Crippen LogP contribution >= 0.6 is 31.9 Å². The van der Waals surface area contributed by atoms with Crippen molar-refractivity contribution in [1.29, 1.82) is 0 Å². The number of Topliss-reactive ketones (excluding diaryl/α,β-unsaturated/α-hetero) is 1. The summed E-state index contributed by atoms with van der Waals surface area (Å²) in [6.45, 7) is 5.57. The van der Waals surface area contributed by atoms with Crippen LogP contribution in [0, 0.1) is 23.7 Å². The van der Waals surface area contributed by atoms with Crippen LogP contribution in [-0.2, 0) is 24.6 Å². The molecule has 1 heterocycles. The summed E-state index contributed by atoms with van der Waals surface area (Å²) in [5, 5.41) is 11.0. The number of rotatable bonds is 4. The molecule has 9 heteroatoms. The van der Waals surface area contributed by atoms with Gasteiger partial charge in [0.2, 0.25) is 11.8 Å². The van der Waals surface area contributed by atoms with Gasteiger partial charge in [0.05, 0.1) is 28.8 Å². The smallest absolute Gasteiger partial charge is 0.234 e. The Morgan fingerprint density at radius 1 is 0.896 bits per heavy atom. The molecule has 0 unspecified atom stereocenters. The molecule has 246 valence electrons. The molecule has 3 aromatic rings. The van der Waals surface area contributed by atoms with Crippen LogP contribution in [0.25, 0.3) is 5.57 Å². The van der Waals surface area contributed by atoms with Crippen LogP contribution in [-0.4, -0.2) is 46.0 Å². The number of hydrogen-bond donors (Lipinski definition) is 1. The number of phenols is 1. The number of amides is 2. The van der Waals surface area contributed by atoms with Gasteiger partial charge in [-0.3, -0.25) is 24.1 Å². The molecule has 6 atom stereocenters. The Bertz CT molecular complexity index is 1950. The number of ether oxygens (including phenoxy) is 1. The highest BCUT2D eigenvalue weighted by molar-refractivity contribution is 9.13. The number of likely N-dealkylation sites (tertiary alicyclic amines) is 1. The minimum atomic E-state index is -1.40. The van der Waals surface area contributed by atoms with E-state index >= 15 is 9.59 Å². The molecule has 1 saturated carbocycles. The van der Waals surface area contributed by atoms with Crippen molar-refractivity contribution >= 4 is 60.8 Å². The number of carbonyl (C=O) groups excluding carboxylic acids is 4. The summed E-state index contributed by atoms with van der Waals surface area (Å²) in [6, 6.07) is 20.3. The van der Waals surface area contributed by atoms with E-state index in [1.54, 1.807) is 6.07 Å². The van der Waals surface area contributed by atoms with Gasteiger partial charge in [-0.2, -0.15) is 0 Å². The van der Waals surface area contributed by atoms with Gasteiger partial charge in [0.1, 0.15) is 0 Å². The first kappa shape index (κ1) is 32.7. The van der Waals surface area contributed by atoms with Gasteiger partial charge in [-0.1, -0.05) is 72.3 Å². The quantitative estimate of drug-likeness (QED) is 0.217. The van der Waals surface area contributed by atoms with Crippen molar-refractivity contribution in [2.24, 2.45) is 23.7 Å². The van der Waals surface area contributed by atoms with Gasteiger partial charge >= 0.3 is 0 Å². The molecule has 2 fully saturated rings. The van der Waals surface area contributed by atoms with E-state index in [0.717, 1.165) is 5.57 Å². The number of phenolic OH excluding ortho intramolecular Hbond substituents is 1. The molecule has 1 saturated heterocycles. The average molecular weight is 774 g/mol. The fraction of sp³-hybridized carbons (Fsp3) is 0.333. The van der Waals surface area contributed by atoms with Crippen LogP contribution < -0.4 is 4.74 Å². The maximum Gasteiger partial charge on any atom is 0.234 e.